The summed E-state index contributed by atoms with van der Waals surface area (Å²) in [6, 6.07) is 7.85. The number of unbranched alkanes of at least 4 members (excludes halogenated alkanes) is 4. The van der Waals surface area contributed by atoms with Gasteiger partial charge >= 0.3 is 5.97 Å². The highest BCUT2D eigenvalue weighted by Crippen LogP contribution is 2.49. The molecule has 33 heavy (non-hydrogen) atoms. The smallest absolute Gasteiger partial charge is 0.314 e. The van der Waals surface area contributed by atoms with Crippen molar-refractivity contribution < 1.29 is 9.53 Å². The molecule has 0 radical (unpaired) electrons. The highest BCUT2D eigenvalue weighted by Gasteiger charge is 2.39. The summed E-state index contributed by atoms with van der Waals surface area (Å²) in [7, 11) is 0. The minimum absolute atomic E-state index is 0.00553. The first-order chi connectivity index (χ1) is 16.1. The minimum Gasteiger partial charge on any atom is -0.426 e. The SMILES string of the molecule is CCCCCCCC1CCC2CC(C3CCC(C(=O)Oc4ccc(C)cc4)CC3)CCC2C1. The van der Waals surface area contributed by atoms with Crippen LogP contribution in [0.3, 0.4) is 0 Å². The Morgan fingerprint density at radius 2 is 1.36 bits per heavy atom. The lowest BCUT2D eigenvalue weighted by molar-refractivity contribution is -0.140. The van der Waals surface area contributed by atoms with Crippen molar-refractivity contribution in [1.82, 2.24) is 0 Å². The molecule has 3 fully saturated rings. The third-order valence-corrected chi connectivity index (χ3v) is 9.49. The quantitative estimate of drug-likeness (QED) is 0.212. The summed E-state index contributed by atoms with van der Waals surface area (Å²) in [5.41, 5.74) is 1.20. The van der Waals surface area contributed by atoms with Crippen molar-refractivity contribution in [2.45, 2.75) is 117 Å². The Balaban J connectivity index is 1.16. The molecule has 3 saturated carbocycles. The highest BCUT2D eigenvalue weighted by atomic mass is 16.5. The predicted molar refractivity (Wildman–Crippen MR) is 137 cm³/mol. The van der Waals surface area contributed by atoms with Gasteiger partial charge < -0.3 is 4.74 Å². The fraction of sp³-hybridized carbons (Fsp3) is 0.774. The molecular formula is C31H48O2. The molecular weight excluding hydrogens is 404 g/mol. The van der Waals surface area contributed by atoms with Crippen molar-refractivity contribution in [3.8, 4) is 5.75 Å². The van der Waals surface area contributed by atoms with E-state index >= 15 is 0 Å². The number of fused-ring (bicyclic) bond motifs is 1. The molecule has 2 nitrogen and oxygen atoms in total. The summed E-state index contributed by atoms with van der Waals surface area (Å²) in [5, 5.41) is 0. The molecule has 184 valence electrons. The maximum Gasteiger partial charge on any atom is 0.314 e. The van der Waals surface area contributed by atoms with Crippen LogP contribution in [0.15, 0.2) is 24.3 Å². The first-order valence-electron chi connectivity index (χ1n) is 14.4. The van der Waals surface area contributed by atoms with E-state index in [1.54, 1.807) is 0 Å². The van der Waals surface area contributed by atoms with Crippen LogP contribution in [0.4, 0.5) is 0 Å². The van der Waals surface area contributed by atoms with Gasteiger partial charge in [-0.15, -0.1) is 0 Å². The van der Waals surface area contributed by atoms with Gasteiger partial charge in [0.2, 0.25) is 0 Å². The Bertz CT molecular complexity index is 715. The Morgan fingerprint density at radius 1 is 0.758 bits per heavy atom. The number of aryl methyl sites for hydroxylation is 1. The molecule has 1 aromatic carbocycles. The predicted octanol–water partition coefficient (Wildman–Crippen LogP) is 8.90. The molecule has 0 N–H and O–H groups in total. The molecule has 0 heterocycles. The largest absolute Gasteiger partial charge is 0.426 e. The fourth-order valence-corrected chi connectivity index (χ4v) is 7.38. The van der Waals surface area contributed by atoms with Crippen LogP contribution < -0.4 is 4.74 Å². The van der Waals surface area contributed by atoms with Crippen LogP contribution in [-0.4, -0.2) is 5.97 Å². The fourth-order valence-electron chi connectivity index (χ4n) is 7.38. The molecule has 2 heteroatoms. The lowest BCUT2D eigenvalue weighted by atomic mass is 9.60. The first-order valence-corrected chi connectivity index (χ1v) is 14.4. The third kappa shape index (κ3) is 7.09. The van der Waals surface area contributed by atoms with Gasteiger partial charge in [0.15, 0.2) is 0 Å². The molecule has 3 aliphatic carbocycles. The molecule has 0 amide bonds. The highest BCUT2D eigenvalue weighted by molar-refractivity contribution is 5.75. The third-order valence-electron chi connectivity index (χ3n) is 9.49. The first kappa shape index (κ1) is 24.8. The second-order valence-corrected chi connectivity index (χ2v) is 11.8. The van der Waals surface area contributed by atoms with E-state index in [9.17, 15) is 4.79 Å². The zero-order valence-electron chi connectivity index (χ0n) is 21.4. The average molecular weight is 453 g/mol. The van der Waals surface area contributed by atoms with Crippen LogP contribution in [0.5, 0.6) is 5.75 Å². The number of carbonyl (C=O) groups is 1. The molecule has 0 spiro atoms. The molecule has 0 aliphatic heterocycles. The molecule has 0 saturated heterocycles. The summed E-state index contributed by atoms with van der Waals surface area (Å²) in [6.45, 7) is 4.37. The van der Waals surface area contributed by atoms with Gasteiger partial charge in [-0.3, -0.25) is 4.79 Å². The number of carbonyl (C=O) groups excluding carboxylic acids is 1. The maximum atomic E-state index is 12.7. The van der Waals surface area contributed by atoms with Gasteiger partial charge in [-0.05, 0) is 106 Å². The minimum atomic E-state index is -0.00553. The van der Waals surface area contributed by atoms with Crippen LogP contribution in [0.2, 0.25) is 0 Å². The van der Waals surface area contributed by atoms with Crippen molar-refractivity contribution in [2.24, 2.45) is 35.5 Å². The Morgan fingerprint density at radius 3 is 2.09 bits per heavy atom. The molecule has 3 aliphatic rings. The average Bonchev–Trinajstić information content (AvgIpc) is 2.85. The normalized spacial score (nSPS) is 32.2. The topological polar surface area (TPSA) is 26.3 Å². The Hall–Kier alpha value is -1.31. The van der Waals surface area contributed by atoms with Crippen molar-refractivity contribution in [3.05, 3.63) is 29.8 Å². The van der Waals surface area contributed by atoms with Crippen LogP contribution in [0.25, 0.3) is 0 Å². The van der Waals surface area contributed by atoms with Gasteiger partial charge in [-0.1, -0.05) is 69.6 Å². The van der Waals surface area contributed by atoms with E-state index in [2.05, 4.69) is 13.8 Å². The van der Waals surface area contributed by atoms with Crippen molar-refractivity contribution >= 4 is 5.97 Å². The van der Waals surface area contributed by atoms with E-state index < -0.39 is 0 Å². The van der Waals surface area contributed by atoms with Crippen LogP contribution in [0.1, 0.15) is 115 Å². The monoisotopic (exact) mass is 452 g/mol. The second kappa shape index (κ2) is 12.4. The number of ether oxygens (including phenoxy) is 1. The summed E-state index contributed by atoms with van der Waals surface area (Å²) >= 11 is 0. The lowest BCUT2D eigenvalue weighted by Gasteiger charge is -2.45. The van der Waals surface area contributed by atoms with E-state index in [-0.39, 0.29) is 11.9 Å². The molecule has 4 atom stereocenters. The summed E-state index contributed by atoms with van der Waals surface area (Å²) < 4.78 is 5.68. The molecule has 1 aromatic rings. The maximum absolute atomic E-state index is 12.7. The Kier molecular flexibility index (Phi) is 9.33. The van der Waals surface area contributed by atoms with Gasteiger partial charge in [0, 0.05) is 0 Å². The van der Waals surface area contributed by atoms with Gasteiger partial charge in [0.25, 0.3) is 0 Å². The number of rotatable bonds is 9. The number of hydrogen-bond donors (Lipinski definition) is 0. The number of benzene rings is 1. The standard InChI is InChI=1S/C31H48O2/c1-3-4-5-6-7-8-24-11-12-29-22-28(18-17-27(29)21-24)25-13-15-26(16-14-25)31(32)33-30-19-9-23(2)10-20-30/h9-10,19-20,24-29H,3-8,11-18,21-22H2,1-2H3. The zero-order valence-corrected chi connectivity index (χ0v) is 21.4. The van der Waals surface area contributed by atoms with Crippen molar-refractivity contribution in [3.63, 3.8) is 0 Å². The van der Waals surface area contributed by atoms with Gasteiger partial charge in [-0.25, -0.2) is 0 Å². The van der Waals surface area contributed by atoms with E-state index in [0.29, 0.717) is 5.75 Å². The zero-order chi connectivity index (χ0) is 23.0. The molecule has 4 rings (SSSR count). The van der Waals surface area contributed by atoms with Gasteiger partial charge in [-0.2, -0.15) is 0 Å². The summed E-state index contributed by atoms with van der Waals surface area (Å²) in [6.07, 6.45) is 22.1. The summed E-state index contributed by atoms with van der Waals surface area (Å²) in [4.78, 5) is 12.7. The molecule has 0 aromatic heterocycles. The van der Waals surface area contributed by atoms with Crippen LogP contribution in [0, 0.1) is 42.4 Å². The number of hydrogen-bond acceptors (Lipinski definition) is 2. The molecule has 4 unspecified atom stereocenters. The van der Waals surface area contributed by atoms with Crippen molar-refractivity contribution in [1.29, 1.82) is 0 Å². The lowest BCUT2D eigenvalue weighted by Crippen LogP contribution is -2.35. The summed E-state index contributed by atoms with van der Waals surface area (Å²) in [5.74, 6) is 5.63. The van der Waals surface area contributed by atoms with Crippen LogP contribution >= 0.6 is 0 Å². The van der Waals surface area contributed by atoms with E-state index in [0.717, 1.165) is 42.4 Å². The Labute approximate surface area is 203 Å². The van der Waals surface area contributed by atoms with E-state index in [1.165, 1.54) is 95.5 Å². The molecule has 0 bridgehead atoms. The van der Waals surface area contributed by atoms with E-state index in [4.69, 9.17) is 4.74 Å². The number of esters is 1. The van der Waals surface area contributed by atoms with E-state index in [1.807, 2.05) is 24.3 Å². The van der Waals surface area contributed by atoms with Crippen LogP contribution in [-0.2, 0) is 4.79 Å². The van der Waals surface area contributed by atoms with Gasteiger partial charge in [0.1, 0.15) is 5.75 Å². The van der Waals surface area contributed by atoms with Crippen molar-refractivity contribution in [2.75, 3.05) is 0 Å². The van der Waals surface area contributed by atoms with Gasteiger partial charge in [0.05, 0.1) is 5.92 Å². The second-order valence-electron chi connectivity index (χ2n) is 11.8.